The van der Waals surface area contributed by atoms with E-state index in [1.807, 2.05) is 48.2 Å². The minimum Gasteiger partial charge on any atom is -0.445 e. The zero-order valence-corrected chi connectivity index (χ0v) is 21.4. The van der Waals surface area contributed by atoms with Crippen LogP contribution >= 0.6 is 0 Å². The molecule has 1 amide bonds. The number of piperidine rings is 1. The summed E-state index contributed by atoms with van der Waals surface area (Å²) < 4.78 is 5.75. The number of ether oxygens (including phenoxy) is 1. The second-order valence-corrected chi connectivity index (χ2v) is 10.8. The van der Waals surface area contributed by atoms with Gasteiger partial charge >= 0.3 is 12.1 Å². The lowest BCUT2D eigenvalue weighted by atomic mass is 9.52. The monoisotopic (exact) mass is 491 g/mol. The normalized spacial score (nSPS) is 25.2. The summed E-state index contributed by atoms with van der Waals surface area (Å²) >= 11 is 0. The SMILES string of the molecule is CCCC(C)C(=O)OOc1ccc2c(c1)[C@@]13CCCC[C@H]1[C@@H](C2)N(C(=O)OCc1ccccc1)CC3. The maximum atomic E-state index is 13.2. The lowest BCUT2D eigenvalue weighted by Gasteiger charge is -2.58. The predicted molar refractivity (Wildman–Crippen MR) is 136 cm³/mol. The van der Waals surface area contributed by atoms with Crippen LogP contribution in [0.2, 0.25) is 0 Å². The number of rotatable bonds is 7. The van der Waals surface area contributed by atoms with E-state index in [-0.39, 0.29) is 29.4 Å². The Bertz CT molecular complexity index is 1090. The van der Waals surface area contributed by atoms with Crippen LogP contribution in [0.5, 0.6) is 5.75 Å². The van der Waals surface area contributed by atoms with Crippen LogP contribution in [-0.2, 0) is 32.9 Å². The van der Waals surface area contributed by atoms with Crippen molar-refractivity contribution in [3.8, 4) is 5.75 Å². The van der Waals surface area contributed by atoms with E-state index in [0.717, 1.165) is 44.1 Å². The zero-order valence-electron chi connectivity index (χ0n) is 21.4. The van der Waals surface area contributed by atoms with Crippen LogP contribution in [0.3, 0.4) is 0 Å². The van der Waals surface area contributed by atoms with Gasteiger partial charge in [0, 0.05) is 18.0 Å². The van der Waals surface area contributed by atoms with Gasteiger partial charge in [-0.25, -0.2) is 9.59 Å². The maximum Gasteiger partial charge on any atom is 0.410 e. The van der Waals surface area contributed by atoms with Crippen LogP contribution in [0.25, 0.3) is 0 Å². The van der Waals surface area contributed by atoms with Crippen molar-refractivity contribution in [1.82, 2.24) is 4.90 Å². The summed E-state index contributed by atoms with van der Waals surface area (Å²) in [6.45, 7) is 4.91. The van der Waals surface area contributed by atoms with Crippen molar-refractivity contribution in [3.05, 3.63) is 65.2 Å². The fourth-order valence-electron chi connectivity index (χ4n) is 6.79. The number of amides is 1. The summed E-state index contributed by atoms with van der Waals surface area (Å²) in [5.41, 5.74) is 3.61. The summed E-state index contributed by atoms with van der Waals surface area (Å²) in [6.07, 6.45) is 7.84. The van der Waals surface area contributed by atoms with Crippen LogP contribution in [0.15, 0.2) is 48.5 Å². The molecule has 1 heterocycles. The van der Waals surface area contributed by atoms with Gasteiger partial charge in [0.25, 0.3) is 0 Å². The van der Waals surface area contributed by atoms with Crippen LogP contribution in [0, 0.1) is 11.8 Å². The van der Waals surface area contributed by atoms with Crippen molar-refractivity contribution < 1.29 is 24.1 Å². The van der Waals surface area contributed by atoms with Crippen LogP contribution in [0.1, 0.15) is 75.5 Å². The minimum absolute atomic E-state index is 0.0333. The summed E-state index contributed by atoms with van der Waals surface area (Å²) in [5, 5.41) is 0. The molecule has 36 heavy (non-hydrogen) atoms. The van der Waals surface area contributed by atoms with Gasteiger partial charge in [0.1, 0.15) is 6.61 Å². The smallest absolute Gasteiger partial charge is 0.410 e. The van der Waals surface area contributed by atoms with E-state index in [0.29, 0.717) is 24.8 Å². The molecule has 3 aliphatic rings. The Hall–Kier alpha value is -3.02. The lowest BCUT2D eigenvalue weighted by Crippen LogP contribution is -2.62. The van der Waals surface area contributed by atoms with E-state index < -0.39 is 0 Å². The number of benzene rings is 2. The van der Waals surface area contributed by atoms with Crippen molar-refractivity contribution >= 4 is 12.1 Å². The molecule has 192 valence electrons. The molecule has 0 aromatic heterocycles. The molecule has 0 radical (unpaired) electrons. The Morgan fingerprint density at radius 1 is 1.11 bits per heavy atom. The highest BCUT2D eigenvalue weighted by molar-refractivity contribution is 5.71. The van der Waals surface area contributed by atoms with E-state index in [4.69, 9.17) is 14.5 Å². The number of hydrogen-bond donors (Lipinski definition) is 0. The highest BCUT2D eigenvalue weighted by Gasteiger charge is 2.55. The molecule has 2 aromatic rings. The first kappa shape index (κ1) is 24.7. The van der Waals surface area contributed by atoms with Gasteiger partial charge in [-0.15, -0.1) is 0 Å². The molecule has 1 saturated heterocycles. The third-order valence-electron chi connectivity index (χ3n) is 8.59. The Kier molecular flexibility index (Phi) is 7.22. The standard InChI is InChI=1S/C30H37NO5/c1-3-9-21(2)28(32)36-35-24-14-13-23-18-27-25-12-7-8-15-30(25,26(23)19-24)16-17-31(27)29(33)34-20-22-10-5-4-6-11-22/h4-6,10-11,13-14,19,21,25,27H,3,7-9,12,15-18,20H2,1-2H3/t21?,25-,27+,30+/m0/s1. The molecule has 0 spiro atoms. The number of carbonyl (C=O) groups is 2. The Labute approximate surface area is 213 Å². The van der Waals surface area contributed by atoms with E-state index in [1.54, 1.807) is 0 Å². The van der Waals surface area contributed by atoms with Gasteiger partial charge in [-0.2, -0.15) is 0 Å². The van der Waals surface area contributed by atoms with Crippen LogP contribution in [0.4, 0.5) is 4.79 Å². The Balaban J connectivity index is 1.33. The van der Waals surface area contributed by atoms with Gasteiger partial charge in [0.2, 0.25) is 0 Å². The molecule has 2 fully saturated rings. The molecule has 2 aliphatic carbocycles. The molecule has 4 atom stereocenters. The quantitative estimate of drug-likeness (QED) is 0.333. The Morgan fingerprint density at radius 3 is 2.75 bits per heavy atom. The first-order chi connectivity index (χ1) is 17.5. The van der Waals surface area contributed by atoms with Gasteiger partial charge in [-0.1, -0.05) is 69.5 Å². The van der Waals surface area contributed by atoms with Crippen molar-refractivity contribution in [1.29, 1.82) is 0 Å². The largest absolute Gasteiger partial charge is 0.445 e. The Morgan fingerprint density at radius 2 is 1.94 bits per heavy atom. The molecular weight excluding hydrogens is 454 g/mol. The second kappa shape index (κ2) is 10.5. The average Bonchev–Trinajstić information content (AvgIpc) is 2.91. The molecule has 2 aromatic carbocycles. The van der Waals surface area contributed by atoms with E-state index in [9.17, 15) is 9.59 Å². The summed E-state index contributed by atoms with van der Waals surface area (Å²) in [4.78, 5) is 38.1. The third kappa shape index (κ3) is 4.70. The molecular formula is C30H37NO5. The molecule has 6 nitrogen and oxygen atoms in total. The van der Waals surface area contributed by atoms with Gasteiger partial charge in [-0.3, -0.25) is 9.78 Å². The van der Waals surface area contributed by atoms with Crippen molar-refractivity contribution in [2.24, 2.45) is 11.8 Å². The molecule has 2 bridgehead atoms. The number of hydrogen-bond acceptors (Lipinski definition) is 5. The third-order valence-corrected chi connectivity index (χ3v) is 8.59. The number of nitrogens with zero attached hydrogens (tertiary/aromatic N) is 1. The van der Waals surface area contributed by atoms with Gasteiger partial charge in [0.05, 0.1) is 5.92 Å². The fraction of sp³-hybridized carbons (Fsp3) is 0.533. The van der Waals surface area contributed by atoms with Crippen molar-refractivity contribution in [2.75, 3.05) is 6.54 Å². The number of fused-ring (bicyclic) bond motifs is 1. The van der Waals surface area contributed by atoms with E-state index in [1.165, 1.54) is 24.0 Å². The van der Waals surface area contributed by atoms with Gasteiger partial charge < -0.3 is 9.64 Å². The molecule has 5 rings (SSSR count). The van der Waals surface area contributed by atoms with Crippen LogP contribution < -0.4 is 4.89 Å². The number of likely N-dealkylation sites (tertiary alicyclic amines) is 1. The fourth-order valence-corrected chi connectivity index (χ4v) is 6.79. The van der Waals surface area contributed by atoms with E-state index >= 15 is 0 Å². The molecule has 1 saturated carbocycles. The predicted octanol–water partition coefficient (Wildman–Crippen LogP) is 6.36. The van der Waals surface area contributed by atoms with Crippen LogP contribution in [-0.4, -0.2) is 29.5 Å². The topological polar surface area (TPSA) is 65.1 Å². The molecule has 6 heteroatoms. The highest BCUT2D eigenvalue weighted by Crippen LogP contribution is 2.56. The zero-order chi connectivity index (χ0) is 25.1. The summed E-state index contributed by atoms with van der Waals surface area (Å²) in [7, 11) is 0. The van der Waals surface area contributed by atoms with Crippen molar-refractivity contribution in [3.63, 3.8) is 0 Å². The summed E-state index contributed by atoms with van der Waals surface area (Å²) in [6, 6.07) is 16.1. The molecule has 0 N–H and O–H groups in total. The first-order valence-electron chi connectivity index (χ1n) is 13.5. The second-order valence-electron chi connectivity index (χ2n) is 10.8. The van der Waals surface area contributed by atoms with Gasteiger partial charge in [-0.05, 0) is 66.8 Å². The van der Waals surface area contributed by atoms with Gasteiger partial charge in [0.15, 0.2) is 5.75 Å². The minimum atomic E-state index is -0.328. The lowest BCUT2D eigenvalue weighted by molar-refractivity contribution is -0.218. The average molecular weight is 492 g/mol. The highest BCUT2D eigenvalue weighted by atomic mass is 17.2. The van der Waals surface area contributed by atoms with E-state index in [2.05, 4.69) is 19.1 Å². The summed E-state index contributed by atoms with van der Waals surface area (Å²) in [5.74, 6) is 0.471. The van der Waals surface area contributed by atoms with Crippen molar-refractivity contribution in [2.45, 2.75) is 83.3 Å². The molecule has 1 unspecified atom stereocenters. The maximum absolute atomic E-state index is 13.2. The molecule has 1 aliphatic heterocycles. The first-order valence-corrected chi connectivity index (χ1v) is 13.5. The number of carbonyl (C=O) groups excluding carboxylic acids is 2.